The van der Waals surface area contributed by atoms with Crippen LogP contribution in [0.2, 0.25) is 0 Å². The minimum Gasteiger partial charge on any atom is -0.329 e. The molecule has 0 spiro atoms. The number of likely N-dealkylation sites (tertiary alicyclic amines) is 1. The number of nitrogens with zero attached hydrogens (tertiary/aromatic N) is 1. The molecule has 3 rings (SSSR count). The molecule has 1 aromatic carbocycles. The highest BCUT2D eigenvalue weighted by molar-refractivity contribution is 5.85. The molecule has 1 atom stereocenters. The molecule has 2 N–H and O–H groups in total. The third-order valence-electron chi connectivity index (χ3n) is 4.32. The van der Waals surface area contributed by atoms with Gasteiger partial charge in [-0.25, -0.2) is 0 Å². The number of hydrogen-bond donors (Lipinski definition) is 1. The Morgan fingerprint density at radius 2 is 2.00 bits per heavy atom. The standard InChI is InChI=1S/C15H22N2.ClH/c16-10-15-5-2-8-17(15)11-12-6-7-13-3-1-4-14(13)9-12;/h6-7,9,15H,1-5,8,10-11,16H2;1H. The van der Waals surface area contributed by atoms with E-state index < -0.39 is 0 Å². The molecule has 1 fully saturated rings. The lowest BCUT2D eigenvalue weighted by Crippen LogP contribution is -2.34. The summed E-state index contributed by atoms with van der Waals surface area (Å²) in [5.74, 6) is 0. The molecule has 18 heavy (non-hydrogen) atoms. The Balaban J connectivity index is 0.00000120. The molecule has 1 unspecified atom stereocenters. The Kier molecular flexibility index (Phi) is 4.66. The van der Waals surface area contributed by atoms with E-state index in [1.807, 2.05) is 0 Å². The first-order valence-electron chi connectivity index (χ1n) is 6.91. The van der Waals surface area contributed by atoms with Crippen molar-refractivity contribution in [3.05, 3.63) is 34.9 Å². The van der Waals surface area contributed by atoms with Gasteiger partial charge in [-0.15, -0.1) is 12.4 Å². The van der Waals surface area contributed by atoms with E-state index in [1.165, 1.54) is 44.2 Å². The molecule has 1 saturated heterocycles. The molecular weight excluding hydrogens is 244 g/mol. The maximum Gasteiger partial charge on any atom is 0.0237 e. The van der Waals surface area contributed by atoms with Crippen molar-refractivity contribution in [2.24, 2.45) is 5.73 Å². The highest BCUT2D eigenvalue weighted by Crippen LogP contribution is 2.25. The van der Waals surface area contributed by atoms with E-state index in [2.05, 4.69) is 23.1 Å². The second kappa shape index (κ2) is 6.05. The van der Waals surface area contributed by atoms with Gasteiger partial charge in [-0.1, -0.05) is 18.2 Å². The summed E-state index contributed by atoms with van der Waals surface area (Å²) in [6, 6.07) is 7.69. The normalized spacial score (nSPS) is 22.8. The molecule has 2 nitrogen and oxygen atoms in total. The zero-order chi connectivity index (χ0) is 11.7. The van der Waals surface area contributed by atoms with Gasteiger partial charge in [0.2, 0.25) is 0 Å². The van der Waals surface area contributed by atoms with Crippen LogP contribution in [0, 0.1) is 0 Å². The maximum atomic E-state index is 5.83. The molecule has 0 amide bonds. The minimum atomic E-state index is 0. The van der Waals surface area contributed by atoms with Crippen molar-refractivity contribution in [3.8, 4) is 0 Å². The van der Waals surface area contributed by atoms with Gasteiger partial charge in [-0.05, 0) is 55.3 Å². The van der Waals surface area contributed by atoms with E-state index in [0.29, 0.717) is 6.04 Å². The molecule has 1 aliphatic carbocycles. The Hall–Kier alpha value is -0.570. The van der Waals surface area contributed by atoms with E-state index in [-0.39, 0.29) is 12.4 Å². The van der Waals surface area contributed by atoms with Crippen LogP contribution in [0.1, 0.15) is 36.0 Å². The van der Waals surface area contributed by atoms with Gasteiger partial charge < -0.3 is 5.73 Å². The monoisotopic (exact) mass is 266 g/mol. The lowest BCUT2D eigenvalue weighted by Gasteiger charge is -2.23. The van der Waals surface area contributed by atoms with Gasteiger partial charge in [0.25, 0.3) is 0 Å². The first-order valence-corrected chi connectivity index (χ1v) is 6.91. The largest absolute Gasteiger partial charge is 0.329 e. The van der Waals surface area contributed by atoms with E-state index in [1.54, 1.807) is 11.1 Å². The summed E-state index contributed by atoms with van der Waals surface area (Å²) in [7, 11) is 0. The van der Waals surface area contributed by atoms with Crippen molar-refractivity contribution >= 4 is 12.4 Å². The summed E-state index contributed by atoms with van der Waals surface area (Å²) in [4.78, 5) is 2.55. The van der Waals surface area contributed by atoms with Crippen LogP contribution in [0.25, 0.3) is 0 Å². The Morgan fingerprint density at radius 1 is 1.17 bits per heavy atom. The van der Waals surface area contributed by atoms with Crippen LogP contribution < -0.4 is 5.73 Å². The Labute approximate surface area is 116 Å². The van der Waals surface area contributed by atoms with Crippen LogP contribution in [0.4, 0.5) is 0 Å². The summed E-state index contributed by atoms with van der Waals surface area (Å²) in [5.41, 5.74) is 10.5. The number of nitrogens with two attached hydrogens (primary N) is 1. The van der Waals surface area contributed by atoms with E-state index in [0.717, 1.165) is 13.1 Å². The fraction of sp³-hybridized carbons (Fsp3) is 0.600. The van der Waals surface area contributed by atoms with Gasteiger partial charge >= 0.3 is 0 Å². The zero-order valence-electron chi connectivity index (χ0n) is 10.9. The van der Waals surface area contributed by atoms with Crippen molar-refractivity contribution in [2.45, 2.75) is 44.7 Å². The van der Waals surface area contributed by atoms with Gasteiger partial charge in [-0.2, -0.15) is 0 Å². The first-order chi connectivity index (χ1) is 8.36. The molecule has 0 radical (unpaired) electrons. The minimum absolute atomic E-state index is 0. The van der Waals surface area contributed by atoms with Crippen molar-refractivity contribution in [2.75, 3.05) is 13.1 Å². The van der Waals surface area contributed by atoms with Crippen molar-refractivity contribution < 1.29 is 0 Å². The van der Waals surface area contributed by atoms with Gasteiger partial charge in [0.1, 0.15) is 0 Å². The highest BCUT2D eigenvalue weighted by Gasteiger charge is 2.23. The van der Waals surface area contributed by atoms with Crippen LogP contribution in [-0.2, 0) is 19.4 Å². The second-order valence-electron chi connectivity index (χ2n) is 5.46. The molecule has 0 aromatic heterocycles. The Morgan fingerprint density at radius 3 is 2.83 bits per heavy atom. The molecule has 1 aromatic rings. The SMILES string of the molecule is Cl.NCC1CCCN1Cc1ccc2c(c1)CCC2. The molecule has 0 saturated carbocycles. The second-order valence-corrected chi connectivity index (χ2v) is 5.46. The van der Waals surface area contributed by atoms with Gasteiger partial charge in [0, 0.05) is 19.1 Å². The maximum absolute atomic E-state index is 5.83. The highest BCUT2D eigenvalue weighted by atomic mass is 35.5. The molecule has 100 valence electrons. The lowest BCUT2D eigenvalue weighted by molar-refractivity contribution is 0.250. The van der Waals surface area contributed by atoms with Gasteiger partial charge in [0.05, 0.1) is 0 Å². The fourth-order valence-corrected chi connectivity index (χ4v) is 3.33. The van der Waals surface area contributed by atoms with E-state index in [9.17, 15) is 0 Å². The quantitative estimate of drug-likeness (QED) is 0.911. The summed E-state index contributed by atoms with van der Waals surface area (Å²) >= 11 is 0. The van der Waals surface area contributed by atoms with Crippen LogP contribution in [0.5, 0.6) is 0 Å². The summed E-state index contributed by atoms with van der Waals surface area (Å²) in [5, 5.41) is 0. The number of aryl methyl sites for hydroxylation is 2. The number of fused-ring (bicyclic) bond motifs is 1. The van der Waals surface area contributed by atoms with Crippen LogP contribution in [0.3, 0.4) is 0 Å². The van der Waals surface area contributed by atoms with E-state index >= 15 is 0 Å². The molecule has 3 heteroatoms. The molecule has 1 heterocycles. The van der Waals surface area contributed by atoms with Crippen molar-refractivity contribution in [1.29, 1.82) is 0 Å². The average molecular weight is 267 g/mol. The number of rotatable bonds is 3. The molecule has 0 bridgehead atoms. The van der Waals surface area contributed by atoms with E-state index in [4.69, 9.17) is 5.73 Å². The first kappa shape index (κ1) is 13.9. The van der Waals surface area contributed by atoms with Gasteiger partial charge in [-0.3, -0.25) is 4.90 Å². The fourth-order valence-electron chi connectivity index (χ4n) is 3.33. The summed E-state index contributed by atoms with van der Waals surface area (Å²) in [6.45, 7) is 3.12. The predicted molar refractivity (Wildman–Crippen MR) is 78.2 cm³/mol. The van der Waals surface area contributed by atoms with Gasteiger partial charge in [0.15, 0.2) is 0 Å². The summed E-state index contributed by atoms with van der Waals surface area (Å²) < 4.78 is 0. The third-order valence-corrected chi connectivity index (χ3v) is 4.32. The summed E-state index contributed by atoms with van der Waals surface area (Å²) in [6.07, 6.45) is 6.50. The predicted octanol–water partition coefficient (Wildman–Crippen LogP) is 2.52. The van der Waals surface area contributed by atoms with Crippen LogP contribution >= 0.6 is 12.4 Å². The smallest absolute Gasteiger partial charge is 0.0237 e. The van der Waals surface area contributed by atoms with Crippen LogP contribution in [-0.4, -0.2) is 24.0 Å². The average Bonchev–Trinajstić information content (AvgIpc) is 2.96. The number of halogens is 1. The zero-order valence-corrected chi connectivity index (χ0v) is 11.7. The molecule has 2 aliphatic rings. The number of benzene rings is 1. The molecular formula is C15H23ClN2. The molecule has 1 aliphatic heterocycles. The van der Waals surface area contributed by atoms with Crippen molar-refractivity contribution in [3.63, 3.8) is 0 Å². The number of hydrogen-bond acceptors (Lipinski definition) is 2. The van der Waals surface area contributed by atoms with Crippen LogP contribution in [0.15, 0.2) is 18.2 Å². The lowest BCUT2D eigenvalue weighted by atomic mass is 10.1. The topological polar surface area (TPSA) is 29.3 Å². The van der Waals surface area contributed by atoms with Crippen molar-refractivity contribution in [1.82, 2.24) is 4.90 Å². The third kappa shape index (κ3) is 2.71. The Bertz CT molecular complexity index is 405.